The number of aromatic nitrogens is 4. The van der Waals surface area contributed by atoms with Gasteiger partial charge in [-0.05, 0) is 75.3 Å². The molecule has 17 heteroatoms. The van der Waals surface area contributed by atoms with Crippen LogP contribution in [0.1, 0.15) is 112 Å². The van der Waals surface area contributed by atoms with E-state index in [4.69, 9.17) is 10.5 Å². The Labute approximate surface area is 354 Å². The molecule has 1 aliphatic carbocycles. The third kappa shape index (κ3) is 11.6. The molecule has 0 radical (unpaired) electrons. The van der Waals surface area contributed by atoms with Gasteiger partial charge in [-0.1, -0.05) is 67.6 Å². The summed E-state index contributed by atoms with van der Waals surface area (Å²) in [6.07, 6.45) is 8.57. The number of carbonyl (C=O) groups excluding carboxylic acids is 6. The number of nitrogens with zero attached hydrogens (tertiary/aromatic N) is 4. The van der Waals surface area contributed by atoms with Crippen LogP contribution in [-0.4, -0.2) is 96.7 Å². The molecule has 5 amide bonds. The number of ether oxygens (including phenoxy) is 1. The van der Waals surface area contributed by atoms with E-state index < -0.39 is 65.4 Å². The van der Waals surface area contributed by atoms with Crippen molar-refractivity contribution in [1.82, 2.24) is 40.8 Å². The lowest BCUT2D eigenvalue weighted by atomic mass is 9.84. The molecule has 2 aromatic heterocycles. The largest absolute Gasteiger partial charge is 0.445 e. The molecule has 0 bridgehead atoms. The van der Waals surface area contributed by atoms with Crippen LogP contribution in [-0.2, 0) is 36.1 Å². The normalized spacial score (nSPS) is 18.5. The van der Waals surface area contributed by atoms with Crippen LogP contribution < -0.4 is 21.7 Å². The Hall–Kier alpha value is -6.10. The first kappa shape index (κ1) is 44.5. The number of benzene rings is 2. The molecule has 61 heavy (non-hydrogen) atoms. The number of H-pyrrole nitrogens is 1. The van der Waals surface area contributed by atoms with Crippen LogP contribution in [0.3, 0.4) is 0 Å². The predicted octanol–water partition coefficient (Wildman–Crippen LogP) is 3.92. The number of amides is 5. The second-order valence-electron chi connectivity index (χ2n) is 16.9. The van der Waals surface area contributed by atoms with Gasteiger partial charge in [-0.2, -0.15) is 0 Å². The summed E-state index contributed by atoms with van der Waals surface area (Å²) in [5.74, 6) is -2.27. The van der Waals surface area contributed by atoms with Crippen LogP contribution in [0, 0.1) is 5.92 Å². The molecule has 7 N–H and O–H groups in total. The number of carbonyl (C=O) groups is 6. The van der Waals surface area contributed by atoms with Crippen LogP contribution in [0.5, 0.6) is 0 Å². The van der Waals surface area contributed by atoms with Crippen molar-refractivity contribution in [2.45, 2.75) is 120 Å². The van der Waals surface area contributed by atoms with Crippen molar-refractivity contribution in [3.8, 4) is 0 Å². The van der Waals surface area contributed by atoms with Crippen molar-refractivity contribution in [2.75, 3.05) is 13.1 Å². The Bertz CT molecular complexity index is 2160. The summed E-state index contributed by atoms with van der Waals surface area (Å²) >= 11 is 0. The van der Waals surface area contributed by atoms with Gasteiger partial charge >= 0.3 is 6.09 Å². The van der Waals surface area contributed by atoms with Crippen LogP contribution in [0.2, 0.25) is 0 Å². The Morgan fingerprint density at radius 1 is 1.05 bits per heavy atom. The number of rotatable bonds is 19. The molecule has 1 aliphatic heterocycles. The number of nitrogens with two attached hydrogens (primary N) is 1. The second kappa shape index (κ2) is 20.0. The molecular weight excluding hydrogens is 783 g/mol. The fourth-order valence-corrected chi connectivity index (χ4v) is 8.54. The van der Waals surface area contributed by atoms with Gasteiger partial charge in [0.2, 0.25) is 17.7 Å². The number of unbranched alkanes of at least 4 members (excludes halogenated alkanes) is 1. The van der Waals surface area contributed by atoms with Crippen molar-refractivity contribution in [3.63, 3.8) is 0 Å². The van der Waals surface area contributed by atoms with Gasteiger partial charge in [-0.15, -0.1) is 5.10 Å². The predicted molar refractivity (Wildman–Crippen MR) is 224 cm³/mol. The highest BCUT2D eigenvalue weighted by Gasteiger charge is 2.46. The van der Waals surface area contributed by atoms with Crippen LogP contribution >= 0.6 is 0 Å². The Morgan fingerprint density at radius 2 is 1.82 bits per heavy atom. The quantitative estimate of drug-likeness (QED) is 0.0587. The third-order valence-electron chi connectivity index (χ3n) is 11.7. The zero-order chi connectivity index (χ0) is 43.6. The molecule has 2 aromatic carbocycles. The van der Waals surface area contributed by atoms with E-state index in [0.29, 0.717) is 36.8 Å². The lowest BCUT2D eigenvalue weighted by Crippen LogP contribution is -2.59. The number of likely N-dealkylation sites (tertiary alicyclic amines) is 1. The average Bonchev–Trinajstić information content (AvgIpc) is 4.03. The lowest BCUT2D eigenvalue weighted by Gasteiger charge is -2.34. The fraction of sp³-hybridized carbons (Fsp3) is 0.500. The summed E-state index contributed by atoms with van der Waals surface area (Å²) in [7, 11) is 0. The van der Waals surface area contributed by atoms with Gasteiger partial charge in [0.25, 0.3) is 5.91 Å². The molecule has 1 saturated carbocycles. The molecular formula is C44H57N9O8. The van der Waals surface area contributed by atoms with E-state index in [1.54, 1.807) is 38.2 Å². The van der Waals surface area contributed by atoms with E-state index in [0.717, 1.165) is 48.6 Å². The zero-order valence-electron chi connectivity index (χ0n) is 34.8. The van der Waals surface area contributed by atoms with Crippen LogP contribution in [0.25, 0.3) is 10.9 Å². The van der Waals surface area contributed by atoms with Gasteiger partial charge in [0.05, 0.1) is 24.4 Å². The molecule has 4 atom stereocenters. The van der Waals surface area contributed by atoms with E-state index in [-0.39, 0.29) is 38.5 Å². The van der Waals surface area contributed by atoms with Crippen molar-refractivity contribution < 1.29 is 38.6 Å². The van der Waals surface area contributed by atoms with Crippen molar-refractivity contribution in [3.05, 3.63) is 83.8 Å². The summed E-state index contributed by atoms with van der Waals surface area (Å²) in [5.41, 5.74) is 4.98. The minimum absolute atomic E-state index is 0.00773. The maximum atomic E-state index is 15.0. The standard InChI is InChI=1S/C44H57N9O8/c1-43(2,60)37-25-48-51-53(37)33-23-36(40(57)50-44(28-54,24-38(45)55)18-9-10-19-47-42(59)61-27-30-13-7-4-8-14-30)52(26-33)41(58)35(21-29-11-5-3-6-12-29)49-39(56)32-15-16-34-31(22-32)17-20-46-34/h4,7-8,13-17,20,22,25,28-29,33,35-36,46,60H,3,5-6,9-12,18-19,21,23-24,26-27H2,1-2H3,(H2,45,55)(H,47,59)(H,49,56)(H,50,57)/t33-,35+,36-,44?/m0/s1. The summed E-state index contributed by atoms with van der Waals surface area (Å²) in [6, 6.07) is 13.5. The summed E-state index contributed by atoms with van der Waals surface area (Å²) in [5, 5.41) is 28.5. The average molecular weight is 840 g/mol. The second-order valence-corrected chi connectivity index (χ2v) is 16.9. The molecule has 0 spiro atoms. The third-order valence-corrected chi connectivity index (χ3v) is 11.7. The smallest absolute Gasteiger partial charge is 0.407 e. The van der Waals surface area contributed by atoms with E-state index in [9.17, 15) is 33.9 Å². The first-order chi connectivity index (χ1) is 29.2. The zero-order valence-corrected chi connectivity index (χ0v) is 34.8. The molecule has 6 rings (SSSR count). The highest BCUT2D eigenvalue weighted by atomic mass is 16.5. The summed E-state index contributed by atoms with van der Waals surface area (Å²) < 4.78 is 6.76. The minimum atomic E-state index is -1.72. The van der Waals surface area contributed by atoms with Gasteiger partial charge in [-0.3, -0.25) is 19.2 Å². The van der Waals surface area contributed by atoms with Crippen molar-refractivity contribution in [2.24, 2.45) is 11.7 Å². The van der Waals surface area contributed by atoms with E-state index in [1.165, 1.54) is 15.8 Å². The number of hydrogen-bond acceptors (Lipinski definition) is 10. The highest BCUT2D eigenvalue weighted by Crippen LogP contribution is 2.34. The minimum Gasteiger partial charge on any atom is -0.445 e. The number of hydrogen-bond donors (Lipinski definition) is 6. The number of alkyl carbamates (subject to hydrolysis) is 1. The Kier molecular flexibility index (Phi) is 14.6. The fourth-order valence-electron chi connectivity index (χ4n) is 8.54. The maximum Gasteiger partial charge on any atom is 0.407 e. The molecule has 17 nitrogen and oxygen atoms in total. The number of aldehydes is 1. The lowest BCUT2D eigenvalue weighted by molar-refractivity contribution is -0.142. The topological polar surface area (TPSA) is 244 Å². The first-order valence-corrected chi connectivity index (χ1v) is 21.1. The molecule has 2 fully saturated rings. The molecule has 3 heterocycles. The first-order valence-electron chi connectivity index (χ1n) is 21.1. The number of aromatic amines is 1. The van der Waals surface area contributed by atoms with Gasteiger partial charge in [0, 0.05) is 42.2 Å². The maximum absolute atomic E-state index is 15.0. The van der Waals surface area contributed by atoms with Crippen molar-refractivity contribution >= 4 is 46.9 Å². The van der Waals surface area contributed by atoms with Gasteiger partial charge in [-0.25, -0.2) is 9.48 Å². The Balaban J connectivity index is 1.21. The monoisotopic (exact) mass is 839 g/mol. The molecule has 1 unspecified atom stereocenters. The SMILES string of the molecule is CC(C)(O)c1cnnn1[C@H]1C[C@@H](C(=O)NC(C=O)(CCCCNC(=O)OCc2ccccc2)CC(N)=O)N(C(=O)[C@@H](CC2CCCCC2)NC(=O)c2ccc3[nH]ccc3c2)C1. The molecule has 1 saturated heterocycles. The summed E-state index contributed by atoms with van der Waals surface area (Å²) in [4.78, 5) is 85.5. The van der Waals surface area contributed by atoms with Gasteiger partial charge in [0.15, 0.2) is 0 Å². The molecule has 326 valence electrons. The number of primary amides is 1. The summed E-state index contributed by atoms with van der Waals surface area (Å²) in [6.45, 7) is 3.44. The van der Waals surface area contributed by atoms with E-state index in [1.807, 2.05) is 36.4 Å². The number of nitrogens with one attached hydrogen (secondary N) is 4. The van der Waals surface area contributed by atoms with Gasteiger partial charge in [0.1, 0.15) is 36.1 Å². The van der Waals surface area contributed by atoms with E-state index >= 15 is 0 Å². The molecule has 4 aromatic rings. The van der Waals surface area contributed by atoms with Crippen LogP contribution in [0.4, 0.5) is 4.79 Å². The molecule has 2 aliphatic rings. The highest BCUT2D eigenvalue weighted by molar-refractivity contribution is 6.01. The van der Waals surface area contributed by atoms with E-state index in [2.05, 4.69) is 31.2 Å². The Morgan fingerprint density at radius 3 is 2.54 bits per heavy atom. The van der Waals surface area contributed by atoms with Gasteiger partial charge < -0.3 is 46.2 Å². The van der Waals surface area contributed by atoms with Crippen LogP contribution in [0.15, 0.2) is 67.0 Å². The number of fused-ring (bicyclic) bond motifs is 1. The van der Waals surface area contributed by atoms with Crippen molar-refractivity contribution in [1.29, 1.82) is 0 Å². The number of aliphatic hydroxyl groups is 1.